The van der Waals surface area contributed by atoms with E-state index in [1.165, 1.54) is 24.1 Å². The molecule has 3 heterocycles. The van der Waals surface area contributed by atoms with Crippen molar-refractivity contribution >= 4 is 5.65 Å². The normalized spacial score (nSPS) is 18.3. The second kappa shape index (κ2) is 6.29. The van der Waals surface area contributed by atoms with Gasteiger partial charge in [-0.05, 0) is 44.5 Å². The molecule has 3 aromatic rings. The lowest BCUT2D eigenvalue weighted by Crippen LogP contribution is -2.24. The number of nitrogens with zero attached hydrogens (tertiary/aromatic N) is 3. The number of aryl methyl sites for hydroxylation is 1. The highest BCUT2D eigenvalue weighted by Gasteiger charge is 2.29. The summed E-state index contributed by atoms with van der Waals surface area (Å²) < 4.78 is 7.81. The number of aromatic nitrogens is 2. The summed E-state index contributed by atoms with van der Waals surface area (Å²) in [6.45, 7) is 4.14. The van der Waals surface area contributed by atoms with Crippen LogP contribution < -0.4 is 4.74 Å². The molecule has 1 aromatic carbocycles. The fourth-order valence-corrected chi connectivity index (χ4v) is 3.86. The molecule has 1 fully saturated rings. The molecule has 1 unspecified atom stereocenters. The Balaban J connectivity index is 1.67. The van der Waals surface area contributed by atoms with Crippen molar-refractivity contribution in [3.63, 3.8) is 0 Å². The molecule has 1 aliphatic rings. The monoisotopic (exact) mass is 321 g/mol. The van der Waals surface area contributed by atoms with Crippen LogP contribution in [0.3, 0.4) is 0 Å². The molecule has 0 saturated carbocycles. The van der Waals surface area contributed by atoms with Gasteiger partial charge in [0.05, 0.1) is 18.5 Å². The Hall–Kier alpha value is -2.33. The first-order valence-corrected chi connectivity index (χ1v) is 8.57. The molecule has 0 spiro atoms. The molecule has 0 radical (unpaired) electrons. The highest BCUT2D eigenvalue weighted by molar-refractivity contribution is 5.43. The van der Waals surface area contributed by atoms with Crippen LogP contribution in [0.25, 0.3) is 5.65 Å². The Labute approximate surface area is 142 Å². The molecule has 24 heavy (non-hydrogen) atoms. The van der Waals surface area contributed by atoms with Crippen molar-refractivity contribution in [3.05, 3.63) is 65.6 Å². The molecule has 1 saturated heterocycles. The van der Waals surface area contributed by atoms with Gasteiger partial charge in [0.2, 0.25) is 0 Å². The molecule has 4 heteroatoms. The van der Waals surface area contributed by atoms with Crippen LogP contribution >= 0.6 is 0 Å². The van der Waals surface area contributed by atoms with Gasteiger partial charge in [0.15, 0.2) is 0 Å². The van der Waals surface area contributed by atoms with E-state index in [9.17, 15) is 0 Å². The second-order valence-corrected chi connectivity index (χ2v) is 6.44. The molecule has 2 aromatic heterocycles. The first-order valence-electron chi connectivity index (χ1n) is 8.57. The maximum atomic E-state index is 5.59. The summed E-state index contributed by atoms with van der Waals surface area (Å²) in [6, 6.07) is 15.0. The summed E-state index contributed by atoms with van der Waals surface area (Å²) in [7, 11) is 1.76. The molecule has 0 aliphatic carbocycles. The average molecular weight is 321 g/mol. The largest absolute Gasteiger partial charge is 0.496 e. The Morgan fingerprint density at radius 1 is 1.17 bits per heavy atom. The molecule has 4 nitrogen and oxygen atoms in total. The van der Waals surface area contributed by atoms with E-state index in [1.54, 1.807) is 7.11 Å². The van der Waals surface area contributed by atoms with Gasteiger partial charge >= 0.3 is 0 Å². The van der Waals surface area contributed by atoms with Crippen LogP contribution in [0.2, 0.25) is 0 Å². The van der Waals surface area contributed by atoms with Gasteiger partial charge in [-0.15, -0.1) is 0 Å². The van der Waals surface area contributed by atoms with Gasteiger partial charge in [0.1, 0.15) is 11.4 Å². The van der Waals surface area contributed by atoms with E-state index < -0.39 is 0 Å². The molecule has 4 rings (SSSR count). The van der Waals surface area contributed by atoms with Crippen LogP contribution in [0.5, 0.6) is 5.75 Å². The summed E-state index contributed by atoms with van der Waals surface area (Å²) in [5.74, 6) is 0.990. The SMILES string of the molecule is COc1ccccc1C1CCCN1Cc1c(C)nc2ccccn12. The van der Waals surface area contributed by atoms with Crippen molar-refractivity contribution < 1.29 is 4.74 Å². The van der Waals surface area contributed by atoms with Crippen molar-refractivity contribution in [1.29, 1.82) is 0 Å². The maximum Gasteiger partial charge on any atom is 0.137 e. The zero-order chi connectivity index (χ0) is 16.5. The highest BCUT2D eigenvalue weighted by atomic mass is 16.5. The van der Waals surface area contributed by atoms with E-state index >= 15 is 0 Å². The van der Waals surface area contributed by atoms with Gasteiger partial charge < -0.3 is 9.14 Å². The Bertz CT molecular complexity index is 855. The predicted octanol–water partition coefficient (Wildman–Crippen LogP) is 3.99. The number of benzene rings is 1. The number of para-hydroxylation sites is 1. The number of hydrogen-bond donors (Lipinski definition) is 0. The van der Waals surface area contributed by atoms with Crippen LogP contribution in [0, 0.1) is 6.92 Å². The van der Waals surface area contributed by atoms with Gasteiger partial charge in [0.25, 0.3) is 0 Å². The number of rotatable bonds is 4. The summed E-state index contributed by atoms with van der Waals surface area (Å²) in [4.78, 5) is 7.26. The standard InChI is InChI=1S/C20H23N3O/c1-15-18(23-13-6-5-11-20(23)21-15)14-22-12-7-9-17(22)16-8-3-4-10-19(16)24-2/h3-6,8,10-11,13,17H,7,9,12,14H2,1-2H3. The van der Waals surface area contributed by atoms with E-state index in [-0.39, 0.29) is 0 Å². The number of ether oxygens (including phenoxy) is 1. The fraction of sp³-hybridized carbons (Fsp3) is 0.350. The summed E-state index contributed by atoms with van der Waals surface area (Å²) >= 11 is 0. The third-order valence-electron chi connectivity index (χ3n) is 5.04. The zero-order valence-corrected chi connectivity index (χ0v) is 14.3. The van der Waals surface area contributed by atoms with Gasteiger partial charge in [-0.25, -0.2) is 4.98 Å². The van der Waals surface area contributed by atoms with Crippen LogP contribution in [0.4, 0.5) is 0 Å². The van der Waals surface area contributed by atoms with Crippen molar-refractivity contribution in [2.75, 3.05) is 13.7 Å². The smallest absolute Gasteiger partial charge is 0.137 e. The van der Waals surface area contributed by atoms with E-state index in [2.05, 4.69) is 52.8 Å². The van der Waals surface area contributed by atoms with E-state index in [1.807, 2.05) is 12.1 Å². The van der Waals surface area contributed by atoms with Gasteiger partial charge in [-0.1, -0.05) is 24.3 Å². The van der Waals surface area contributed by atoms with E-state index in [0.717, 1.165) is 30.2 Å². The maximum absolute atomic E-state index is 5.59. The lowest BCUT2D eigenvalue weighted by Gasteiger charge is -2.26. The molecule has 1 aliphatic heterocycles. The molecule has 0 amide bonds. The van der Waals surface area contributed by atoms with Crippen molar-refractivity contribution in [2.45, 2.75) is 32.4 Å². The molecular formula is C20H23N3O. The van der Waals surface area contributed by atoms with Gasteiger partial charge in [-0.3, -0.25) is 4.90 Å². The van der Waals surface area contributed by atoms with E-state index in [0.29, 0.717) is 6.04 Å². The van der Waals surface area contributed by atoms with Crippen LogP contribution in [0.15, 0.2) is 48.7 Å². The number of hydrogen-bond acceptors (Lipinski definition) is 3. The molecule has 1 atom stereocenters. The molecule has 0 N–H and O–H groups in total. The van der Waals surface area contributed by atoms with Crippen LogP contribution in [-0.4, -0.2) is 27.9 Å². The van der Waals surface area contributed by atoms with Crippen molar-refractivity contribution in [3.8, 4) is 5.75 Å². The zero-order valence-electron chi connectivity index (χ0n) is 14.3. The second-order valence-electron chi connectivity index (χ2n) is 6.44. The Morgan fingerprint density at radius 2 is 2.00 bits per heavy atom. The number of methoxy groups -OCH3 is 1. The number of imidazole rings is 1. The number of fused-ring (bicyclic) bond motifs is 1. The van der Waals surface area contributed by atoms with Gasteiger partial charge in [0, 0.05) is 24.3 Å². The average Bonchev–Trinajstić information content (AvgIpc) is 3.20. The number of likely N-dealkylation sites (tertiary alicyclic amines) is 1. The van der Waals surface area contributed by atoms with Crippen LogP contribution in [0.1, 0.15) is 35.8 Å². The summed E-state index contributed by atoms with van der Waals surface area (Å²) in [6.07, 6.45) is 4.51. The minimum absolute atomic E-state index is 0.412. The molecule has 124 valence electrons. The third-order valence-corrected chi connectivity index (χ3v) is 5.04. The summed E-state index contributed by atoms with van der Waals surface area (Å²) in [5, 5.41) is 0. The lowest BCUT2D eigenvalue weighted by molar-refractivity contribution is 0.239. The van der Waals surface area contributed by atoms with E-state index in [4.69, 9.17) is 9.72 Å². The summed E-state index contributed by atoms with van der Waals surface area (Å²) in [5.41, 5.74) is 4.72. The molecular weight excluding hydrogens is 298 g/mol. The fourth-order valence-electron chi connectivity index (χ4n) is 3.86. The Morgan fingerprint density at radius 3 is 2.88 bits per heavy atom. The first-order chi connectivity index (χ1) is 11.8. The highest BCUT2D eigenvalue weighted by Crippen LogP contribution is 2.37. The van der Waals surface area contributed by atoms with Gasteiger partial charge in [-0.2, -0.15) is 0 Å². The van der Waals surface area contributed by atoms with Crippen molar-refractivity contribution in [2.24, 2.45) is 0 Å². The predicted molar refractivity (Wildman–Crippen MR) is 95.3 cm³/mol. The third kappa shape index (κ3) is 2.57. The Kier molecular flexibility index (Phi) is 3.98. The number of pyridine rings is 1. The minimum atomic E-state index is 0.412. The lowest BCUT2D eigenvalue weighted by atomic mass is 10.0. The quantitative estimate of drug-likeness (QED) is 0.728. The van der Waals surface area contributed by atoms with Crippen LogP contribution in [-0.2, 0) is 6.54 Å². The molecule has 0 bridgehead atoms. The minimum Gasteiger partial charge on any atom is -0.496 e. The van der Waals surface area contributed by atoms with Crippen molar-refractivity contribution in [1.82, 2.24) is 14.3 Å². The first kappa shape index (κ1) is 15.2. The topological polar surface area (TPSA) is 29.8 Å².